The van der Waals surface area contributed by atoms with Crippen molar-refractivity contribution in [3.8, 4) is 0 Å². The van der Waals surface area contributed by atoms with Crippen LogP contribution in [-0.2, 0) is 6.54 Å². The van der Waals surface area contributed by atoms with Crippen molar-refractivity contribution in [1.29, 1.82) is 0 Å². The maximum atomic E-state index is 12.7. The van der Waals surface area contributed by atoms with E-state index in [4.69, 9.17) is 4.42 Å². The predicted octanol–water partition coefficient (Wildman–Crippen LogP) is 2.93. The van der Waals surface area contributed by atoms with Gasteiger partial charge in [0.25, 0.3) is 5.91 Å². The van der Waals surface area contributed by atoms with Crippen LogP contribution in [0.4, 0.5) is 11.8 Å². The van der Waals surface area contributed by atoms with Gasteiger partial charge in [0, 0.05) is 18.8 Å². The molecule has 2 aromatic heterocycles. The number of aliphatic hydroxyl groups excluding tert-OH is 1. The van der Waals surface area contributed by atoms with Crippen molar-refractivity contribution >= 4 is 17.7 Å². The van der Waals surface area contributed by atoms with Crippen LogP contribution >= 0.6 is 0 Å². The van der Waals surface area contributed by atoms with Crippen LogP contribution < -0.4 is 16.0 Å². The monoisotopic (exact) mass is 387 g/mol. The number of nitrogens with one attached hydrogen (secondary N) is 3. The predicted molar refractivity (Wildman–Crippen MR) is 107 cm³/mol. The Morgan fingerprint density at radius 1 is 1.32 bits per heavy atom. The van der Waals surface area contributed by atoms with Crippen LogP contribution in [0.5, 0.6) is 0 Å². The summed E-state index contributed by atoms with van der Waals surface area (Å²) in [4.78, 5) is 21.5. The molecule has 0 spiro atoms. The normalized spacial score (nSPS) is 19.2. The average molecular weight is 387 g/mol. The Morgan fingerprint density at radius 3 is 2.86 bits per heavy atom. The van der Waals surface area contributed by atoms with E-state index in [1.165, 1.54) is 0 Å². The third-order valence-corrected chi connectivity index (χ3v) is 4.89. The lowest BCUT2D eigenvalue weighted by molar-refractivity contribution is 0.0947. The lowest BCUT2D eigenvalue weighted by Crippen LogP contribution is -2.31. The van der Waals surface area contributed by atoms with Gasteiger partial charge in [-0.15, -0.1) is 0 Å². The molecule has 4 N–H and O–H groups in total. The molecule has 0 radical (unpaired) electrons. The summed E-state index contributed by atoms with van der Waals surface area (Å²) >= 11 is 0. The van der Waals surface area contributed by atoms with Crippen molar-refractivity contribution < 1.29 is 14.3 Å². The Balaban J connectivity index is 1.71. The van der Waals surface area contributed by atoms with Crippen molar-refractivity contribution in [2.75, 3.05) is 17.2 Å². The number of nitrogens with zero attached hydrogens (tertiary/aromatic N) is 2. The van der Waals surface area contributed by atoms with E-state index >= 15 is 0 Å². The van der Waals surface area contributed by atoms with E-state index in [9.17, 15) is 9.90 Å². The van der Waals surface area contributed by atoms with Crippen molar-refractivity contribution in [2.45, 2.75) is 64.1 Å². The number of carbonyl (C=O) groups is 1. The molecule has 1 aliphatic carbocycles. The van der Waals surface area contributed by atoms with E-state index in [-0.39, 0.29) is 18.1 Å². The first-order chi connectivity index (χ1) is 13.7. The molecular weight excluding hydrogens is 358 g/mol. The Hall–Kier alpha value is -2.61. The molecule has 28 heavy (non-hydrogen) atoms. The molecule has 0 aromatic carbocycles. The van der Waals surface area contributed by atoms with Crippen LogP contribution in [0.15, 0.2) is 29.0 Å². The zero-order valence-electron chi connectivity index (χ0n) is 16.3. The summed E-state index contributed by atoms with van der Waals surface area (Å²) in [7, 11) is 0. The van der Waals surface area contributed by atoms with Crippen LogP contribution in [-0.4, -0.2) is 39.7 Å². The topological polar surface area (TPSA) is 112 Å². The highest BCUT2D eigenvalue weighted by molar-refractivity contribution is 5.98. The van der Waals surface area contributed by atoms with Crippen LogP contribution in [0.3, 0.4) is 0 Å². The number of aromatic nitrogens is 2. The van der Waals surface area contributed by atoms with Gasteiger partial charge >= 0.3 is 0 Å². The van der Waals surface area contributed by atoms with E-state index in [1.54, 1.807) is 18.5 Å². The third kappa shape index (κ3) is 5.69. The van der Waals surface area contributed by atoms with Gasteiger partial charge in [-0.25, -0.2) is 4.98 Å². The number of hydrogen-bond acceptors (Lipinski definition) is 7. The molecule has 1 fully saturated rings. The van der Waals surface area contributed by atoms with E-state index in [0.717, 1.165) is 45.1 Å². The highest BCUT2D eigenvalue weighted by Crippen LogP contribution is 2.23. The quantitative estimate of drug-likeness (QED) is 0.489. The molecule has 3 rings (SSSR count). The molecular formula is C20H29N5O3. The first-order valence-corrected chi connectivity index (χ1v) is 10.0. The van der Waals surface area contributed by atoms with Gasteiger partial charge in [0.15, 0.2) is 0 Å². The van der Waals surface area contributed by atoms with Crippen molar-refractivity contribution in [1.82, 2.24) is 15.3 Å². The first-order valence-electron chi connectivity index (χ1n) is 10.0. The standard InChI is InChI=1S/C20H29N5O3/c1-2-3-10-21-20-23-13-17(19(27)22-12-16-5-4-11-28-16)18(25-20)24-14-6-8-15(26)9-7-14/h4-5,11,13-15,26H,2-3,6-10,12H2,1H3,(H,22,27)(H2,21,23,24,25)/t14-,15-. The Morgan fingerprint density at radius 2 is 2.14 bits per heavy atom. The highest BCUT2D eigenvalue weighted by Gasteiger charge is 2.22. The molecule has 0 aliphatic heterocycles. The largest absolute Gasteiger partial charge is 0.467 e. The maximum absolute atomic E-state index is 12.7. The lowest BCUT2D eigenvalue weighted by atomic mass is 9.93. The zero-order valence-corrected chi connectivity index (χ0v) is 16.3. The van der Waals surface area contributed by atoms with Gasteiger partial charge in [-0.3, -0.25) is 4.79 Å². The summed E-state index contributed by atoms with van der Waals surface area (Å²) < 4.78 is 5.26. The molecule has 0 atom stereocenters. The second-order valence-corrected chi connectivity index (χ2v) is 7.15. The van der Waals surface area contributed by atoms with Gasteiger partial charge in [-0.05, 0) is 44.2 Å². The van der Waals surface area contributed by atoms with Gasteiger partial charge in [0.05, 0.1) is 18.9 Å². The molecule has 0 saturated heterocycles. The minimum absolute atomic E-state index is 0.179. The average Bonchev–Trinajstić information content (AvgIpc) is 3.22. The first kappa shape index (κ1) is 20.1. The summed E-state index contributed by atoms with van der Waals surface area (Å²) in [6.07, 6.45) is 8.20. The number of aliphatic hydroxyl groups is 1. The molecule has 1 aliphatic rings. The van der Waals surface area contributed by atoms with Gasteiger partial charge in [0.1, 0.15) is 17.1 Å². The van der Waals surface area contributed by atoms with Crippen LogP contribution in [0.25, 0.3) is 0 Å². The smallest absolute Gasteiger partial charge is 0.256 e. The second-order valence-electron chi connectivity index (χ2n) is 7.15. The summed E-state index contributed by atoms with van der Waals surface area (Å²) in [5.41, 5.74) is 0.402. The fourth-order valence-electron chi connectivity index (χ4n) is 3.21. The molecule has 0 unspecified atom stereocenters. The number of anilines is 2. The van der Waals surface area contributed by atoms with Gasteiger partial charge in [-0.2, -0.15) is 4.98 Å². The maximum Gasteiger partial charge on any atom is 0.256 e. The minimum atomic E-state index is -0.255. The molecule has 152 valence electrons. The Labute approximate surface area is 165 Å². The number of hydrogen-bond donors (Lipinski definition) is 4. The fourth-order valence-corrected chi connectivity index (χ4v) is 3.21. The summed E-state index contributed by atoms with van der Waals surface area (Å²) in [5.74, 6) is 1.46. The molecule has 2 heterocycles. The van der Waals surface area contributed by atoms with Gasteiger partial charge in [0.2, 0.25) is 5.95 Å². The molecule has 1 amide bonds. The molecule has 8 heteroatoms. The zero-order chi connectivity index (χ0) is 19.8. The lowest BCUT2D eigenvalue weighted by Gasteiger charge is -2.27. The molecule has 2 aromatic rings. The van der Waals surface area contributed by atoms with Gasteiger partial charge in [-0.1, -0.05) is 13.3 Å². The van der Waals surface area contributed by atoms with E-state index in [2.05, 4.69) is 32.8 Å². The number of furan rings is 1. The van der Waals surface area contributed by atoms with E-state index in [0.29, 0.717) is 29.6 Å². The highest BCUT2D eigenvalue weighted by atomic mass is 16.3. The van der Waals surface area contributed by atoms with Gasteiger partial charge < -0.3 is 25.5 Å². The van der Waals surface area contributed by atoms with E-state index in [1.807, 2.05) is 6.07 Å². The third-order valence-electron chi connectivity index (χ3n) is 4.89. The molecule has 8 nitrogen and oxygen atoms in total. The van der Waals surface area contributed by atoms with E-state index < -0.39 is 0 Å². The molecule has 1 saturated carbocycles. The number of rotatable bonds is 9. The van der Waals surface area contributed by atoms with Crippen LogP contribution in [0.1, 0.15) is 61.6 Å². The summed E-state index contributed by atoms with van der Waals surface area (Å²) in [5, 5.41) is 19.2. The number of amides is 1. The van der Waals surface area contributed by atoms with Crippen LogP contribution in [0.2, 0.25) is 0 Å². The van der Waals surface area contributed by atoms with Crippen LogP contribution in [0, 0.1) is 0 Å². The van der Waals surface area contributed by atoms with Crippen molar-refractivity contribution in [2.24, 2.45) is 0 Å². The van der Waals surface area contributed by atoms with Crippen molar-refractivity contribution in [3.05, 3.63) is 35.9 Å². The molecule has 0 bridgehead atoms. The van der Waals surface area contributed by atoms with Crippen molar-refractivity contribution in [3.63, 3.8) is 0 Å². The number of carbonyl (C=O) groups excluding carboxylic acids is 1. The second kappa shape index (κ2) is 10.1. The SMILES string of the molecule is CCCCNc1ncc(C(=O)NCc2ccco2)c(N[C@H]2CC[C@H](O)CC2)n1. The fraction of sp³-hybridized carbons (Fsp3) is 0.550. The summed E-state index contributed by atoms with van der Waals surface area (Å²) in [6, 6.07) is 3.77. The Kier molecular flexibility index (Phi) is 7.25. The minimum Gasteiger partial charge on any atom is -0.467 e. The number of unbranched alkanes of at least 4 members (excludes halogenated alkanes) is 1. The summed E-state index contributed by atoms with van der Waals surface area (Å²) in [6.45, 7) is 3.21. The Bertz CT molecular complexity index is 742.